The quantitative estimate of drug-likeness (QED) is 0.630. The lowest BCUT2D eigenvalue weighted by molar-refractivity contribution is 0.583. The third-order valence-electron chi connectivity index (χ3n) is 3.28. The van der Waals surface area contributed by atoms with Crippen LogP contribution in [0.25, 0.3) is 0 Å². The van der Waals surface area contributed by atoms with Crippen molar-refractivity contribution in [1.29, 1.82) is 0 Å². The Morgan fingerprint density at radius 3 is 3.00 bits per heavy atom. The second-order valence-electron chi connectivity index (χ2n) is 4.54. The van der Waals surface area contributed by atoms with E-state index < -0.39 is 5.95 Å². The number of nitrogen functional groups attached to an aromatic ring is 1. The van der Waals surface area contributed by atoms with Gasteiger partial charge >= 0.3 is 0 Å². The predicted octanol–water partition coefficient (Wildman–Crippen LogP) is 2.90. The van der Waals surface area contributed by atoms with Crippen LogP contribution in [-0.2, 0) is 6.42 Å². The molecule has 4 heteroatoms. The lowest BCUT2D eigenvalue weighted by Gasteiger charge is -2.14. The molecule has 0 aliphatic heterocycles. The number of benzene rings is 1. The SMILES string of the molecule is Nc1ccc2c(c1)CCC2Nc1cccc(F)n1. The van der Waals surface area contributed by atoms with Gasteiger partial charge in [-0.05, 0) is 48.2 Å². The highest BCUT2D eigenvalue weighted by Gasteiger charge is 2.22. The van der Waals surface area contributed by atoms with Gasteiger partial charge in [0.25, 0.3) is 0 Å². The molecule has 1 aromatic carbocycles. The van der Waals surface area contributed by atoms with Crippen LogP contribution in [-0.4, -0.2) is 4.98 Å². The van der Waals surface area contributed by atoms with Crippen LogP contribution >= 0.6 is 0 Å². The summed E-state index contributed by atoms with van der Waals surface area (Å²) in [6.45, 7) is 0. The summed E-state index contributed by atoms with van der Waals surface area (Å²) in [5.74, 6) is 0.111. The van der Waals surface area contributed by atoms with Gasteiger partial charge in [-0.1, -0.05) is 12.1 Å². The molecule has 0 amide bonds. The first-order chi connectivity index (χ1) is 8.72. The minimum atomic E-state index is -0.462. The number of aryl methyl sites for hydroxylation is 1. The minimum absolute atomic E-state index is 0.190. The molecule has 1 aliphatic rings. The van der Waals surface area contributed by atoms with Gasteiger partial charge in [0.1, 0.15) is 5.82 Å². The smallest absolute Gasteiger partial charge is 0.214 e. The molecule has 3 rings (SSSR count). The Kier molecular flexibility index (Phi) is 2.63. The molecule has 3 N–H and O–H groups in total. The lowest BCUT2D eigenvalue weighted by Crippen LogP contribution is -2.08. The van der Waals surface area contributed by atoms with Crippen molar-refractivity contribution in [3.63, 3.8) is 0 Å². The Balaban J connectivity index is 1.85. The summed E-state index contributed by atoms with van der Waals surface area (Å²) in [5.41, 5.74) is 9.06. The molecule has 0 spiro atoms. The van der Waals surface area contributed by atoms with Gasteiger partial charge in [0.15, 0.2) is 0 Å². The first-order valence-corrected chi connectivity index (χ1v) is 6.00. The topological polar surface area (TPSA) is 50.9 Å². The van der Waals surface area contributed by atoms with Crippen molar-refractivity contribution >= 4 is 11.5 Å². The van der Waals surface area contributed by atoms with Gasteiger partial charge in [0.05, 0.1) is 6.04 Å². The van der Waals surface area contributed by atoms with Crippen LogP contribution in [0.2, 0.25) is 0 Å². The van der Waals surface area contributed by atoms with Crippen molar-refractivity contribution in [2.75, 3.05) is 11.1 Å². The number of aromatic nitrogens is 1. The molecule has 1 unspecified atom stereocenters. The average molecular weight is 243 g/mol. The van der Waals surface area contributed by atoms with Gasteiger partial charge in [-0.25, -0.2) is 4.98 Å². The fourth-order valence-electron chi connectivity index (χ4n) is 2.45. The molecule has 1 aromatic heterocycles. The summed E-state index contributed by atoms with van der Waals surface area (Å²) in [6, 6.07) is 10.9. The third kappa shape index (κ3) is 2.01. The van der Waals surface area contributed by atoms with Gasteiger partial charge in [0.2, 0.25) is 5.95 Å². The van der Waals surface area contributed by atoms with Crippen LogP contribution in [0.15, 0.2) is 36.4 Å². The summed E-state index contributed by atoms with van der Waals surface area (Å²) in [5, 5.41) is 3.27. The summed E-state index contributed by atoms with van der Waals surface area (Å²) in [4.78, 5) is 3.82. The maximum absolute atomic E-state index is 13.0. The van der Waals surface area contributed by atoms with Crippen LogP contribution < -0.4 is 11.1 Å². The molecule has 1 atom stereocenters. The predicted molar refractivity (Wildman–Crippen MR) is 69.7 cm³/mol. The molecule has 0 saturated carbocycles. The fourth-order valence-corrected chi connectivity index (χ4v) is 2.45. The van der Waals surface area contributed by atoms with Crippen molar-refractivity contribution in [3.05, 3.63) is 53.5 Å². The highest BCUT2D eigenvalue weighted by atomic mass is 19.1. The zero-order valence-corrected chi connectivity index (χ0v) is 9.86. The molecule has 2 aromatic rings. The number of nitrogens with two attached hydrogens (primary N) is 1. The number of nitrogens with one attached hydrogen (secondary N) is 1. The molecule has 0 saturated heterocycles. The van der Waals surface area contributed by atoms with Crippen molar-refractivity contribution in [3.8, 4) is 0 Å². The Hall–Kier alpha value is -2.10. The van der Waals surface area contributed by atoms with E-state index in [4.69, 9.17) is 5.73 Å². The number of hydrogen-bond acceptors (Lipinski definition) is 3. The van der Waals surface area contributed by atoms with Crippen LogP contribution in [0.4, 0.5) is 15.9 Å². The maximum atomic E-state index is 13.0. The molecule has 0 bridgehead atoms. The molecule has 0 fully saturated rings. The highest BCUT2D eigenvalue weighted by molar-refractivity contribution is 5.50. The molecule has 3 nitrogen and oxygen atoms in total. The van der Waals surface area contributed by atoms with E-state index in [1.54, 1.807) is 12.1 Å². The Morgan fingerprint density at radius 2 is 2.17 bits per heavy atom. The number of anilines is 2. The van der Waals surface area contributed by atoms with E-state index in [1.165, 1.54) is 17.2 Å². The van der Waals surface area contributed by atoms with Crippen molar-refractivity contribution in [2.24, 2.45) is 0 Å². The number of fused-ring (bicyclic) bond motifs is 1. The molecule has 0 radical (unpaired) electrons. The van der Waals surface area contributed by atoms with Gasteiger partial charge in [-0.15, -0.1) is 0 Å². The summed E-state index contributed by atoms with van der Waals surface area (Å²) in [7, 11) is 0. The number of halogens is 1. The molecule has 1 heterocycles. The highest BCUT2D eigenvalue weighted by Crippen LogP contribution is 2.34. The Labute approximate surface area is 105 Å². The number of pyridine rings is 1. The molecular weight excluding hydrogens is 229 g/mol. The van der Waals surface area contributed by atoms with Gasteiger partial charge in [0, 0.05) is 5.69 Å². The normalized spacial score (nSPS) is 17.5. The standard InChI is InChI=1S/C14H14FN3/c15-13-2-1-3-14(18-13)17-12-7-4-9-8-10(16)5-6-11(9)12/h1-3,5-6,8,12H,4,7,16H2,(H,17,18). The lowest BCUT2D eigenvalue weighted by atomic mass is 10.1. The maximum Gasteiger partial charge on any atom is 0.214 e. The first kappa shape index (κ1) is 11.0. The van der Waals surface area contributed by atoms with E-state index in [1.807, 2.05) is 18.2 Å². The average Bonchev–Trinajstić information content (AvgIpc) is 2.72. The van der Waals surface area contributed by atoms with Crippen molar-refractivity contribution in [1.82, 2.24) is 4.98 Å². The largest absolute Gasteiger partial charge is 0.399 e. The number of rotatable bonds is 2. The van der Waals surface area contributed by atoms with E-state index in [2.05, 4.69) is 10.3 Å². The molecular formula is C14H14FN3. The summed E-state index contributed by atoms with van der Waals surface area (Å²) < 4.78 is 13.0. The first-order valence-electron chi connectivity index (χ1n) is 6.00. The van der Waals surface area contributed by atoms with Crippen molar-refractivity contribution in [2.45, 2.75) is 18.9 Å². The molecule has 1 aliphatic carbocycles. The minimum Gasteiger partial charge on any atom is -0.399 e. The Bertz CT molecular complexity index is 583. The second kappa shape index (κ2) is 4.29. The zero-order chi connectivity index (χ0) is 12.5. The van der Waals surface area contributed by atoms with E-state index in [0.29, 0.717) is 5.82 Å². The second-order valence-corrected chi connectivity index (χ2v) is 4.54. The van der Waals surface area contributed by atoms with Crippen LogP contribution in [0.1, 0.15) is 23.6 Å². The molecule has 18 heavy (non-hydrogen) atoms. The monoisotopic (exact) mass is 243 g/mol. The zero-order valence-electron chi connectivity index (χ0n) is 9.86. The molecule has 92 valence electrons. The van der Waals surface area contributed by atoms with E-state index >= 15 is 0 Å². The fraction of sp³-hybridized carbons (Fsp3) is 0.214. The Morgan fingerprint density at radius 1 is 1.28 bits per heavy atom. The van der Waals surface area contributed by atoms with E-state index in [0.717, 1.165) is 18.5 Å². The van der Waals surface area contributed by atoms with Crippen molar-refractivity contribution < 1.29 is 4.39 Å². The third-order valence-corrected chi connectivity index (χ3v) is 3.28. The van der Waals surface area contributed by atoms with Gasteiger partial charge in [-0.2, -0.15) is 4.39 Å². The van der Waals surface area contributed by atoms with E-state index in [-0.39, 0.29) is 6.04 Å². The van der Waals surface area contributed by atoms with Crippen LogP contribution in [0.5, 0.6) is 0 Å². The van der Waals surface area contributed by atoms with Crippen LogP contribution in [0, 0.1) is 5.95 Å². The van der Waals surface area contributed by atoms with Crippen LogP contribution in [0.3, 0.4) is 0 Å². The summed E-state index contributed by atoms with van der Waals surface area (Å²) >= 11 is 0. The summed E-state index contributed by atoms with van der Waals surface area (Å²) in [6.07, 6.45) is 1.98. The number of hydrogen-bond donors (Lipinski definition) is 2. The number of nitrogens with zero attached hydrogens (tertiary/aromatic N) is 1. The van der Waals surface area contributed by atoms with Gasteiger partial charge < -0.3 is 11.1 Å². The van der Waals surface area contributed by atoms with Gasteiger partial charge in [-0.3, -0.25) is 0 Å². The van der Waals surface area contributed by atoms with E-state index in [9.17, 15) is 4.39 Å².